The molecule has 16 heavy (non-hydrogen) atoms. The standard InChI is InChI=1S/C10H8FN3O2/c11-5-1-2-7-6(3-5)10(12)14-8(13-7)4-9(15)16/h1-3H,4H2,(H,15,16)(H2,12,13,14). The number of benzene rings is 1. The van der Waals surface area contributed by atoms with Crippen LogP contribution in [0.5, 0.6) is 0 Å². The van der Waals surface area contributed by atoms with Crippen LogP contribution >= 0.6 is 0 Å². The molecule has 82 valence electrons. The number of halogens is 1. The van der Waals surface area contributed by atoms with Crippen LogP contribution in [0.2, 0.25) is 0 Å². The summed E-state index contributed by atoms with van der Waals surface area (Å²) in [6.45, 7) is 0. The van der Waals surface area contributed by atoms with Crippen molar-refractivity contribution in [3.63, 3.8) is 0 Å². The van der Waals surface area contributed by atoms with Gasteiger partial charge in [0, 0.05) is 5.39 Å². The summed E-state index contributed by atoms with van der Waals surface area (Å²) in [5.74, 6) is -1.28. The highest BCUT2D eigenvalue weighted by molar-refractivity contribution is 5.88. The van der Waals surface area contributed by atoms with Gasteiger partial charge in [0.2, 0.25) is 0 Å². The van der Waals surface area contributed by atoms with E-state index < -0.39 is 11.8 Å². The van der Waals surface area contributed by atoms with Crippen LogP contribution in [0.3, 0.4) is 0 Å². The first kappa shape index (κ1) is 10.3. The summed E-state index contributed by atoms with van der Waals surface area (Å²) < 4.78 is 12.9. The quantitative estimate of drug-likeness (QED) is 0.788. The summed E-state index contributed by atoms with van der Waals surface area (Å²) in [4.78, 5) is 18.3. The maximum Gasteiger partial charge on any atom is 0.311 e. The molecule has 2 aromatic rings. The van der Waals surface area contributed by atoms with Gasteiger partial charge in [0.05, 0.1) is 5.52 Å². The molecular weight excluding hydrogens is 213 g/mol. The molecule has 3 N–H and O–H groups in total. The van der Waals surface area contributed by atoms with E-state index in [1.807, 2.05) is 0 Å². The summed E-state index contributed by atoms with van der Waals surface area (Å²) in [5, 5.41) is 8.98. The number of aliphatic carboxylic acids is 1. The molecule has 0 unspecified atom stereocenters. The number of nitrogens with two attached hydrogens (primary N) is 1. The van der Waals surface area contributed by atoms with E-state index in [2.05, 4.69) is 9.97 Å². The second-order valence-corrected chi connectivity index (χ2v) is 3.26. The van der Waals surface area contributed by atoms with Gasteiger partial charge < -0.3 is 10.8 Å². The van der Waals surface area contributed by atoms with E-state index in [0.717, 1.165) is 0 Å². The lowest BCUT2D eigenvalue weighted by Crippen LogP contribution is -2.07. The number of nitrogens with zero attached hydrogens (tertiary/aromatic N) is 2. The Hall–Kier alpha value is -2.24. The van der Waals surface area contributed by atoms with E-state index in [-0.39, 0.29) is 18.1 Å². The Balaban J connectivity index is 2.59. The molecule has 0 saturated carbocycles. The van der Waals surface area contributed by atoms with Gasteiger partial charge in [-0.25, -0.2) is 14.4 Å². The monoisotopic (exact) mass is 221 g/mol. The number of carboxylic acid groups (broad SMARTS) is 1. The molecule has 0 aliphatic rings. The van der Waals surface area contributed by atoms with Gasteiger partial charge in [-0.05, 0) is 18.2 Å². The van der Waals surface area contributed by atoms with Crippen molar-refractivity contribution in [2.24, 2.45) is 0 Å². The minimum atomic E-state index is -1.04. The van der Waals surface area contributed by atoms with E-state index >= 15 is 0 Å². The number of hydrogen-bond acceptors (Lipinski definition) is 4. The Morgan fingerprint density at radius 1 is 1.44 bits per heavy atom. The molecule has 0 atom stereocenters. The van der Waals surface area contributed by atoms with Gasteiger partial charge in [-0.15, -0.1) is 0 Å². The van der Waals surface area contributed by atoms with Crippen LogP contribution in [-0.4, -0.2) is 21.0 Å². The van der Waals surface area contributed by atoms with Crippen LogP contribution in [0.15, 0.2) is 18.2 Å². The second-order valence-electron chi connectivity index (χ2n) is 3.26. The SMILES string of the molecule is Nc1nc(CC(=O)O)nc2ccc(F)cc12. The molecule has 0 radical (unpaired) electrons. The fourth-order valence-corrected chi connectivity index (χ4v) is 1.39. The molecule has 1 heterocycles. The predicted octanol–water partition coefficient (Wildman–Crippen LogP) is 0.978. The number of rotatable bonds is 2. The van der Waals surface area contributed by atoms with Crippen LogP contribution < -0.4 is 5.73 Å². The third-order valence-electron chi connectivity index (χ3n) is 2.04. The number of fused-ring (bicyclic) bond motifs is 1. The fraction of sp³-hybridized carbons (Fsp3) is 0.100. The summed E-state index contributed by atoms with van der Waals surface area (Å²) in [5.41, 5.74) is 6.03. The van der Waals surface area contributed by atoms with Gasteiger partial charge >= 0.3 is 5.97 Å². The average molecular weight is 221 g/mol. The minimum absolute atomic E-state index is 0.0840. The highest BCUT2D eigenvalue weighted by atomic mass is 19.1. The molecular formula is C10H8FN3O2. The van der Waals surface area contributed by atoms with Gasteiger partial charge in [0.15, 0.2) is 0 Å². The van der Waals surface area contributed by atoms with Crippen molar-refractivity contribution in [3.05, 3.63) is 29.8 Å². The Kier molecular flexibility index (Phi) is 2.40. The molecule has 5 nitrogen and oxygen atoms in total. The molecule has 1 aromatic heterocycles. The number of anilines is 1. The zero-order chi connectivity index (χ0) is 11.7. The molecule has 6 heteroatoms. The van der Waals surface area contributed by atoms with E-state index in [4.69, 9.17) is 10.8 Å². The van der Waals surface area contributed by atoms with Crippen molar-refractivity contribution in [3.8, 4) is 0 Å². The number of carbonyl (C=O) groups is 1. The molecule has 1 aromatic carbocycles. The first-order valence-corrected chi connectivity index (χ1v) is 4.49. The number of carboxylic acids is 1. The van der Waals surface area contributed by atoms with Crippen LogP contribution in [0, 0.1) is 5.82 Å². The highest BCUT2D eigenvalue weighted by Crippen LogP contribution is 2.18. The lowest BCUT2D eigenvalue weighted by molar-refractivity contribution is -0.136. The van der Waals surface area contributed by atoms with Crippen LogP contribution in [-0.2, 0) is 11.2 Å². The Bertz CT molecular complexity index is 571. The van der Waals surface area contributed by atoms with E-state index in [9.17, 15) is 9.18 Å². The third-order valence-corrected chi connectivity index (χ3v) is 2.04. The van der Waals surface area contributed by atoms with Gasteiger partial charge in [-0.3, -0.25) is 4.79 Å². The summed E-state index contributed by atoms with van der Waals surface area (Å²) in [7, 11) is 0. The minimum Gasteiger partial charge on any atom is -0.481 e. The molecule has 0 saturated heterocycles. The first-order valence-electron chi connectivity index (χ1n) is 4.49. The molecule has 0 fully saturated rings. The Labute approximate surface area is 89.7 Å². The smallest absolute Gasteiger partial charge is 0.311 e. The van der Waals surface area contributed by atoms with Crippen molar-refractivity contribution in [2.45, 2.75) is 6.42 Å². The van der Waals surface area contributed by atoms with Crippen LogP contribution in [0.25, 0.3) is 10.9 Å². The Morgan fingerprint density at radius 3 is 2.88 bits per heavy atom. The van der Waals surface area contributed by atoms with Crippen LogP contribution in [0.1, 0.15) is 5.82 Å². The van der Waals surface area contributed by atoms with E-state index in [1.165, 1.54) is 18.2 Å². The zero-order valence-corrected chi connectivity index (χ0v) is 8.14. The number of nitrogen functional groups attached to an aromatic ring is 1. The van der Waals surface area contributed by atoms with Crippen LogP contribution in [0.4, 0.5) is 10.2 Å². The van der Waals surface area contributed by atoms with E-state index in [1.54, 1.807) is 0 Å². The Morgan fingerprint density at radius 2 is 2.19 bits per heavy atom. The molecule has 0 spiro atoms. The van der Waals surface area contributed by atoms with Crippen molar-refractivity contribution in [1.82, 2.24) is 9.97 Å². The normalized spacial score (nSPS) is 10.6. The molecule has 0 aliphatic heterocycles. The molecule has 0 bridgehead atoms. The van der Waals surface area contributed by atoms with Gasteiger partial charge in [0.25, 0.3) is 0 Å². The largest absolute Gasteiger partial charge is 0.481 e. The third kappa shape index (κ3) is 1.90. The maximum atomic E-state index is 12.9. The molecule has 0 amide bonds. The fourth-order valence-electron chi connectivity index (χ4n) is 1.39. The van der Waals surface area contributed by atoms with Crippen molar-refractivity contribution in [1.29, 1.82) is 0 Å². The lowest BCUT2D eigenvalue weighted by Gasteiger charge is -2.03. The van der Waals surface area contributed by atoms with Crippen molar-refractivity contribution < 1.29 is 14.3 Å². The summed E-state index contributed by atoms with van der Waals surface area (Å²) in [6, 6.07) is 3.89. The second kappa shape index (κ2) is 3.73. The van der Waals surface area contributed by atoms with Crippen molar-refractivity contribution >= 4 is 22.7 Å². The highest BCUT2D eigenvalue weighted by Gasteiger charge is 2.08. The van der Waals surface area contributed by atoms with Gasteiger partial charge in [-0.2, -0.15) is 0 Å². The summed E-state index contributed by atoms with van der Waals surface area (Å²) >= 11 is 0. The average Bonchev–Trinajstić information content (AvgIpc) is 2.18. The number of hydrogen-bond donors (Lipinski definition) is 2. The topological polar surface area (TPSA) is 89.1 Å². The lowest BCUT2D eigenvalue weighted by atomic mass is 10.2. The summed E-state index contributed by atoms with van der Waals surface area (Å²) in [6.07, 6.45) is -0.308. The molecule has 2 rings (SSSR count). The molecule has 0 aliphatic carbocycles. The number of aromatic nitrogens is 2. The predicted molar refractivity (Wildman–Crippen MR) is 55.2 cm³/mol. The van der Waals surface area contributed by atoms with Gasteiger partial charge in [-0.1, -0.05) is 0 Å². The van der Waals surface area contributed by atoms with Crippen molar-refractivity contribution in [2.75, 3.05) is 5.73 Å². The van der Waals surface area contributed by atoms with E-state index in [0.29, 0.717) is 10.9 Å². The maximum absolute atomic E-state index is 12.9. The first-order chi connectivity index (χ1) is 7.56. The zero-order valence-electron chi connectivity index (χ0n) is 8.14. The van der Waals surface area contributed by atoms with Gasteiger partial charge in [0.1, 0.15) is 23.9 Å².